The van der Waals surface area contributed by atoms with Crippen molar-refractivity contribution in [2.24, 2.45) is 4.99 Å². The third-order valence-electron chi connectivity index (χ3n) is 3.89. The number of carbonyl (C=O) groups excluding carboxylic acids is 1. The Morgan fingerprint density at radius 2 is 2.08 bits per heavy atom. The SMILES string of the molecule is N#CCC(=O)N=C1S[C@@H]2CS(=O)(=O)C[C@@H]2N1Cc1ccc(Cl)cc1. The van der Waals surface area contributed by atoms with Gasteiger partial charge in [0.15, 0.2) is 15.0 Å². The standard InChI is InChI=1S/C15H14ClN3O3S2/c16-11-3-1-10(2-4-11)7-19-12-8-24(21,22)9-13(12)23-15(19)18-14(20)5-6-17/h1-4,12-13H,5,7-9H2/t12-,13+/m0/s1. The van der Waals surface area contributed by atoms with Crippen LogP contribution in [0, 0.1) is 11.3 Å². The highest BCUT2D eigenvalue weighted by Gasteiger charge is 2.48. The van der Waals surface area contributed by atoms with E-state index >= 15 is 0 Å². The summed E-state index contributed by atoms with van der Waals surface area (Å²) in [4.78, 5) is 17.6. The fourth-order valence-electron chi connectivity index (χ4n) is 2.82. The highest BCUT2D eigenvalue weighted by Crippen LogP contribution is 2.39. The van der Waals surface area contributed by atoms with E-state index in [1.54, 1.807) is 18.2 Å². The number of fused-ring (bicyclic) bond motifs is 1. The monoisotopic (exact) mass is 383 g/mol. The summed E-state index contributed by atoms with van der Waals surface area (Å²) in [5.41, 5.74) is 0.949. The summed E-state index contributed by atoms with van der Waals surface area (Å²) in [7, 11) is -3.08. The third-order valence-corrected chi connectivity index (χ3v) is 7.39. The molecule has 0 bridgehead atoms. The van der Waals surface area contributed by atoms with Crippen molar-refractivity contribution in [2.45, 2.75) is 24.3 Å². The highest BCUT2D eigenvalue weighted by molar-refractivity contribution is 8.15. The molecule has 2 fully saturated rings. The number of carbonyl (C=O) groups is 1. The van der Waals surface area contributed by atoms with E-state index in [0.29, 0.717) is 16.7 Å². The molecule has 0 unspecified atom stereocenters. The van der Waals surface area contributed by atoms with Gasteiger partial charge in [-0.1, -0.05) is 35.5 Å². The van der Waals surface area contributed by atoms with E-state index in [0.717, 1.165) is 5.56 Å². The molecule has 2 heterocycles. The normalized spacial score (nSPS) is 26.3. The number of hydrogen-bond acceptors (Lipinski definition) is 5. The molecule has 2 saturated heterocycles. The van der Waals surface area contributed by atoms with E-state index in [1.165, 1.54) is 11.8 Å². The molecule has 1 aromatic rings. The second-order valence-corrected chi connectivity index (χ2v) is 9.47. The quantitative estimate of drug-likeness (QED) is 0.791. The highest BCUT2D eigenvalue weighted by atomic mass is 35.5. The van der Waals surface area contributed by atoms with Crippen LogP contribution in [-0.4, -0.2) is 47.2 Å². The third kappa shape index (κ3) is 3.74. The predicted molar refractivity (Wildman–Crippen MR) is 93.5 cm³/mol. The zero-order chi connectivity index (χ0) is 17.3. The smallest absolute Gasteiger partial charge is 0.262 e. The van der Waals surface area contributed by atoms with Crippen LogP contribution in [0.3, 0.4) is 0 Å². The lowest BCUT2D eigenvalue weighted by Gasteiger charge is -2.24. The maximum absolute atomic E-state index is 11.9. The number of amides is 1. The number of aliphatic imine (C=N–C) groups is 1. The Kier molecular flexibility index (Phi) is 4.85. The number of sulfone groups is 1. The van der Waals surface area contributed by atoms with Gasteiger partial charge in [0, 0.05) is 16.8 Å². The average molecular weight is 384 g/mol. The van der Waals surface area contributed by atoms with Gasteiger partial charge in [0.1, 0.15) is 6.42 Å². The lowest BCUT2D eigenvalue weighted by Crippen LogP contribution is -2.37. The van der Waals surface area contributed by atoms with Gasteiger partial charge in [-0.15, -0.1) is 0 Å². The molecule has 9 heteroatoms. The van der Waals surface area contributed by atoms with Gasteiger partial charge in [0.25, 0.3) is 5.91 Å². The molecule has 6 nitrogen and oxygen atoms in total. The molecule has 2 aliphatic heterocycles. The number of rotatable bonds is 3. The molecule has 2 atom stereocenters. The molecule has 0 radical (unpaired) electrons. The lowest BCUT2D eigenvalue weighted by atomic mass is 10.1. The van der Waals surface area contributed by atoms with Crippen molar-refractivity contribution in [1.82, 2.24) is 4.90 Å². The molecule has 126 valence electrons. The molecule has 0 aromatic heterocycles. The van der Waals surface area contributed by atoms with E-state index in [9.17, 15) is 13.2 Å². The molecule has 0 saturated carbocycles. The number of halogens is 1. The lowest BCUT2D eigenvalue weighted by molar-refractivity contribution is -0.116. The Morgan fingerprint density at radius 1 is 1.38 bits per heavy atom. The number of thioether (sulfide) groups is 1. The first-order chi connectivity index (χ1) is 11.4. The summed E-state index contributed by atoms with van der Waals surface area (Å²) < 4.78 is 23.8. The largest absolute Gasteiger partial charge is 0.342 e. The molecule has 2 aliphatic rings. The summed E-state index contributed by atoms with van der Waals surface area (Å²) in [6.45, 7) is 0.444. The Morgan fingerprint density at radius 3 is 2.75 bits per heavy atom. The maximum Gasteiger partial charge on any atom is 0.262 e. The van der Waals surface area contributed by atoms with Crippen LogP contribution in [0.1, 0.15) is 12.0 Å². The zero-order valence-electron chi connectivity index (χ0n) is 12.6. The molecular weight excluding hydrogens is 370 g/mol. The van der Waals surface area contributed by atoms with E-state index in [4.69, 9.17) is 16.9 Å². The minimum Gasteiger partial charge on any atom is -0.342 e. The molecule has 1 aromatic carbocycles. The molecule has 0 spiro atoms. The Labute approximate surface area is 149 Å². The number of nitriles is 1. The minimum absolute atomic E-state index is 0.0592. The van der Waals surface area contributed by atoms with Crippen LogP contribution in [-0.2, 0) is 21.2 Å². The fourth-order valence-corrected chi connectivity index (χ4v) is 6.92. The van der Waals surface area contributed by atoms with Gasteiger partial charge in [-0.25, -0.2) is 8.42 Å². The van der Waals surface area contributed by atoms with Crippen LogP contribution < -0.4 is 0 Å². The molecular formula is C15H14ClN3O3S2. The van der Waals surface area contributed by atoms with Gasteiger partial charge in [-0.3, -0.25) is 4.79 Å². The maximum atomic E-state index is 11.9. The van der Waals surface area contributed by atoms with Crippen molar-refractivity contribution in [3.63, 3.8) is 0 Å². The van der Waals surface area contributed by atoms with Crippen molar-refractivity contribution < 1.29 is 13.2 Å². The van der Waals surface area contributed by atoms with Crippen molar-refractivity contribution in [3.8, 4) is 6.07 Å². The second kappa shape index (κ2) is 6.75. The zero-order valence-corrected chi connectivity index (χ0v) is 14.9. The summed E-state index contributed by atoms with van der Waals surface area (Å²) in [6, 6.07) is 8.82. The molecule has 1 amide bonds. The van der Waals surface area contributed by atoms with Gasteiger partial charge in [0.2, 0.25) is 0 Å². The molecule has 3 rings (SSSR count). The average Bonchev–Trinajstić information content (AvgIpc) is 2.95. The van der Waals surface area contributed by atoms with E-state index < -0.39 is 15.7 Å². The number of nitrogens with zero attached hydrogens (tertiary/aromatic N) is 3. The van der Waals surface area contributed by atoms with Gasteiger partial charge < -0.3 is 4.90 Å². The first kappa shape index (κ1) is 17.3. The van der Waals surface area contributed by atoms with Crippen molar-refractivity contribution in [3.05, 3.63) is 34.9 Å². The first-order valence-electron chi connectivity index (χ1n) is 7.24. The van der Waals surface area contributed by atoms with E-state index in [1.807, 2.05) is 17.0 Å². The minimum atomic E-state index is -3.08. The Balaban J connectivity index is 1.88. The van der Waals surface area contributed by atoms with Crippen LogP contribution in [0.2, 0.25) is 5.02 Å². The van der Waals surface area contributed by atoms with Gasteiger partial charge in [-0.2, -0.15) is 10.3 Å². The summed E-state index contributed by atoms with van der Waals surface area (Å²) in [5, 5.41) is 9.60. The van der Waals surface area contributed by atoms with Gasteiger partial charge in [-0.05, 0) is 17.7 Å². The topological polar surface area (TPSA) is 90.6 Å². The summed E-state index contributed by atoms with van der Waals surface area (Å²) in [6.07, 6.45) is -0.285. The summed E-state index contributed by atoms with van der Waals surface area (Å²) in [5.74, 6) is -0.363. The van der Waals surface area contributed by atoms with Crippen LogP contribution in [0.25, 0.3) is 0 Å². The van der Waals surface area contributed by atoms with Gasteiger partial charge >= 0.3 is 0 Å². The first-order valence-corrected chi connectivity index (χ1v) is 10.3. The van der Waals surface area contributed by atoms with Crippen LogP contribution >= 0.6 is 23.4 Å². The second-order valence-electron chi connectivity index (χ2n) is 5.68. The molecule has 24 heavy (non-hydrogen) atoms. The molecule has 0 N–H and O–H groups in total. The number of benzene rings is 1. The van der Waals surface area contributed by atoms with Crippen molar-refractivity contribution in [2.75, 3.05) is 11.5 Å². The predicted octanol–water partition coefficient (Wildman–Crippen LogP) is 1.85. The van der Waals surface area contributed by atoms with E-state index in [-0.39, 0.29) is 29.2 Å². The Hall–Kier alpha value is -1.56. The fraction of sp³-hybridized carbons (Fsp3) is 0.400. The Bertz CT molecular complexity index is 831. The van der Waals surface area contributed by atoms with Crippen LogP contribution in [0.15, 0.2) is 29.3 Å². The van der Waals surface area contributed by atoms with E-state index in [2.05, 4.69) is 4.99 Å². The van der Waals surface area contributed by atoms with Crippen LogP contribution in [0.5, 0.6) is 0 Å². The number of amidine groups is 1. The van der Waals surface area contributed by atoms with Crippen molar-refractivity contribution in [1.29, 1.82) is 5.26 Å². The van der Waals surface area contributed by atoms with Gasteiger partial charge in [0.05, 0.1) is 23.6 Å². The number of hydrogen-bond donors (Lipinski definition) is 0. The van der Waals surface area contributed by atoms with Crippen LogP contribution in [0.4, 0.5) is 0 Å². The summed E-state index contributed by atoms with van der Waals surface area (Å²) >= 11 is 7.20. The molecule has 0 aliphatic carbocycles. The van der Waals surface area contributed by atoms with Crippen molar-refractivity contribution >= 4 is 44.3 Å².